The first-order chi connectivity index (χ1) is 7.17. The molecule has 1 unspecified atom stereocenters. The summed E-state index contributed by atoms with van der Waals surface area (Å²) in [6.07, 6.45) is 0.843. The highest BCUT2D eigenvalue weighted by Crippen LogP contribution is 2.22. The summed E-state index contributed by atoms with van der Waals surface area (Å²) in [5.74, 6) is 6.29. The zero-order chi connectivity index (χ0) is 11.3. The first kappa shape index (κ1) is 12.4. The van der Waals surface area contributed by atoms with Gasteiger partial charge < -0.3 is 0 Å². The summed E-state index contributed by atoms with van der Waals surface area (Å²) in [5, 5.41) is 0. The molecule has 5 nitrogen and oxygen atoms in total. The van der Waals surface area contributed by atoms with Gasteiger partial charge in [-0.25, -0.2) is 10.8 Å². The normalized spacial score (nSPS) is 12.5. The van der Waals surface area contributed by atoms with Crippen molar-refractivity contribution in [3.8, 4) is 0 Å². The van der Waals surface area contributed by atoms with Crippen LogP contribution in [0.5, 0.6) is 0 Å². The molecule has 0 aliphatic heterocycles. The Morgan fingerprint density at radius 1 is 1.73 bits per heavy atom. The Hall–Kier alpha value is -0.660. The molecular formula is C8H14N4OS2. The van der Waals surface area contributed by atoms with Crippen LogP contribution in [0.1, 0.15) is 19.7 Å². The molecule has 1 atom stereocenters. The fourth-order valence-electron chi connectivity index (χ4n) is 0.854. The van der Waals surface area contributed by atoms with E-state index in [1.807, 2.05) is 13.8 Å². The van der Waals surface area contributed by atoms with Gasteiger partial charge in [0.15, 0.2) is 4.34 Å². The standard InChI is InChI=1S/C8H14N4OS2/c1-3-6-10-8(15-12-6)14-4-5(2)7(13)11-9/h5H,3-4,9H2,1-2H3,(H,11,13). The maximum absolute atomic E-state index is 11.1. The number of rotatable bonds is 5. The molecule has 7 heteroatoms. The van der Waals surface area contributed by atoms with Crippen molar-refractivity contribution in [3.05, 3.63) is 5.82 Å². The minimum absolute atomic E-state index is 0.117. The van der Waals surface area contributed by atoms with Gasteiger partial charge in [-0.2, -0.15) is 4.37 Å². The average Bonchev–Trinajstić information content (AvgIpc) is 2.72. The number of nitrogens with zero attached hydrogens (tertiary/aromatic N) is 2. The van der Waals surface area contributed by atoms with Gasteiger partial charge in [-0.3, -0.25) is 10.2 Å². The van der Waals surface area contributed by atoms with Crippen LogP contribution in [-0.4, -0.2) is 21.0 Å². The molecule has 0 saturated heterocycles. The first-order valence-electron chi connectivity index (χ1n) is 4.63. The van der Waals surface area contributed by atoms with E-state index in [0.717, 1.165) is 16.6 Å². The van der Waals surface area contributed by atoms with E-state index >= 15 is 0 Å². The lowest BCUT2D eigenvalue weighted by Gasteiger charge is -2.06. The summed E-state index contributed by atoms with van der Waals surface area (Å²) in [6.45, 7) is 3.85. The Bertz CT molecular complexity index is 328. The van der Waals surface area contributed by atoms with Crippen molar-refractivity contribution in [3.63, 3.8) is 0 Å². The number of hydrogen-bond acceptors (Lipinski definition) is 6. The minimum Gasteiger partial charge on any atom is -0.294 e. The van der Waals surface area contributed by atoms with Crippen LogP contribution in [-0.2, 0) is 11.2 Å². The molecule has 0 fully saturated rings. The van der Waals surface area contributed by atoms with Crippen molar-refractivity contribution in [2.45, 2.75) is 24.6 Å². The number of carbonyl (C=O) groups is 1. The first-order valence-corrected chi connectivity index (χ1v) is 6.39. The fraction of sp³-hybridized carbons (Fsp3) is 0.625. The summed E-state index contributed by atoms with van der Waals surface area (Å²) >= 11 is 2.91. The SMILES string of the molecule is CCc1nsc(SCC(C)C(=O)NN)n1. The van der Waals surface area contributed by atoms with Crippen LogP contribution in [0.3, 0.4) is 0 Å². The quantitative estimate of drug-likeness (QED) is 0.348. The molecule has 0 bridgehead atoms. The van der Waals surface area contributed by atoms with Gasteiger partial charge in [0.25, 0.3) is 0 Å². The third kappa shape index (κ3) is 3.77. The maximum Gasteiger partial charge on any atom is 0.237 e. The number of aryl methyl sites for hydroxylation is 1. The van der Waals surface area contributed by atoms with Crippen molar-refractivity contribution < 1.29 is 4.79 Å². The van der Waals surface area contributed by atoms with Crippen LogP contribution >= 0.6 is 23.3 Å². The van der Waals surface area contributed by atoms with Crippen molar-refractivity contribution in [1.82, 2.24) is 14.8 Å². The molecule has 15 heavy (non-hydrogen) atoms. The highest BCUT2D eigenvalue weighted by atomic mass is 32.2. The second-order valence-electron chi connectivity index (χ2n) is 3.05. The molecule has 0 saturated carbocycles. The number of hydrazine groups is 1. The lowest BCUT2D eigenvalue weighted by atomic mass is 10.2. The monoisotopic (exact) mass is 246 g/mol. The van der Waals surface area contributed by atoms with Crippen LogP contribution in [0, 0.1) is 5.92 Å². The lowest BCUT2D eigenvalue weighted by Crippen LogP contribution is -2.35. The van der Waals surface area contributed by atoms with Crippen LogP contribution in [0.2, 0.25) is 0 Å². The summed E-state index contributed by atoms with van der Waals surface area (Å²) < 4.78 is 5.07. The molecule has 1 aromatic heterocycles. The number of thioether (sulfide) groups is 1. The summed E-state index contributed by atoms with van der Waals surface area (Å²) in [7, 11) is 0. The maximum atomic E-state index is 11.1. The van der Waals surface area contributed by atoms with E-state index in [9.17, 15) is 4.79 Å². The van der Waals surface area contributed by atoms with E-state index in [1.165, 1.54) is 23.3 Å². The molecule has 1 rings (SSSR count). The van der Waals surface area contributed by atoms with E-state index in [4.69, 9.17) is 5.84 Å². The van der Waals surface area contributed by atoms with E-state index in [2.05, 4.69) is 14.8 Å². The van der Waals surface area contributed by atoms with Gasteiger partial charge in [-0.1, -0.05) is 25.6 Å². The predicted octanol–water partition coefficient (Wildman–Crippen LogP) is 0.819. The Kier molecular flexibility index (Phi) is 5.00. The van der Waals surface area contributed by atoms with Gasteiger partial charge in [0.05, 0.1) is 0 Å². The highest BCUT2D eigenvalue weighted by Gasteiger charge is 2.13. The van der Waals surface area contributed by atoms with Crippen molar-refractivity contribution >= 4 is 29.2 Å². The second-order valence-corrected chi connectivity index (χ2v) is 5.07. The number of hydrogen-bond donors (Lipinski definition) is 2. The molecule has 0 aromatic carbocycles. The molecule has 1 aromatic rings. The fourth-order valence-corrected chi connectivity index (χ4v) is 2.59. The molecule has 0 radical (unpaired) electrons. The molecular weight excluding hydrogens is 232 g/mol. The Morgan fingerprint density at radius 2 is 2.47 bits per heavy atom. The predicted molar refractivity (Wildman–Crippen MR) is 61.5 cm³/mol. The van der Waals surface area contributed by atoms with Gasteiger partial charge in [0.1, 0.15) is 5.82 Å². The van der Waals surface area contributed by atoms with Crippen molar-refractivity contribution in [2.24, 2.45) is 11.8 Å². The summed E-state index contributed by atoms with van der Waals surface area (Å²) in [6, 6.07) is 0. The zero-order valence-corrected chi connectivity index (χ0v) is 10.3. The Labute approximate surface area is 97.0 Å². The summed E-state index contributed by atoms with van der Waals surface area (Å²) in [4.78, 5) is 15.4. The van der Waals surface area contributed by atoms with Crippen molar-refractivity contribution in [1.29, 1.82) is 0 Å². The van der Waals surface area contributed by atoms with E-state index in [0.29, 0.717) is 5.75 Å². The number of nitrogens with two attached hydrogens (primary N) is 1. The van der Waals surface area contributed by atoms with Gasteiger partial charge in [0, 0.05) is 18.1 Å². The number of aromatic nitrogens is 2. The van der Waals surface area contributed by atoms with Crippen LogP contribution < -0.4 is 11.3 Å². The average molecular weight is 246 g/mol. The summed E-state index contributed by atoms with van der Waals surface area (Å²) in [5.41, 5.74) is 2.13. The third-order valence-electron chi connectivity index (χ3n) is 1.81. The van der Waals surface area contributed by atoms with Crippen LogP contribution in [0.4, 0.5) is 0 Å². The lowest BCUT2D eigenvalue weighted by molar-refractivity contribution is -0.123. The van der Waals surface area contributed by atoms with Gasteiger partial charge in [-0.05, 0) is 11.5 Å². The molecule has 1 heterocycles. The third-order valence-corrected chi connectivity index (χ3v) is 3.94. The van der Waals surface area contributed by atoms with Gasteiger partial charge >= 0.3 is 0 Å². The van der Waals surface area contributed by atoms with Gasteiger partial charge in [0.2, 0.25) is 5.91 Å². The van der Waals surface area contributed by atoms with Crippen LogP contribution in [0.15, 0.2) is 4.34 Å². The molecule has 1 amide bonds. The second kappa shape index (κ2) is 6.04. The molecule has 0 aliphatic rings. The van der Waals surface area contributed by atoms with Crippen molar-refractivity contribution in [2.75, 3.05) is 5.75 Å². The van der Waals surface area contributed by atoms with E-state index in [1.54, 1.807) is 0 Å². The Morgan fingerprint density at radius 3 is 3.00 bits per heavy atom. The molecule has 3 N–H and O–H groups in total. The number of nitrogens with one attached hydrogen (secondary N) is 1. The van der Waals surface area contributed by atoms with Crippen LogP contribution in [0.25, 0.3) is 0 Å². The smallest absolute Gasteiger partial charge is 0.237 e. The molecule has 0 spiro atoms. The van der Waals surface area contributed by atoms with Gasteiger partial charge in [-0.15, -0.1) is 0 Å². The molecule has 0 aliphatic carbocycles. The van der Waals surface area contributed by atoms with E-state index < -0.39 is 0 Å². The topological polar surface area (TPSA) is 80.9 Å². The highest BCUT2D eigenvalue weighted by molar-refractivity contribution is 8.00. The Balaban J connectivity index is 2.39. The van der Waals surface area contributed by atoms with E-state index in [-0.39, 0.29) is 11.8 Å². The zero-order valence-electron chi connectivity index (χ0n) is 8.69. The largest absolute Gasteiger partial charge is 0.294 e. The molecule has 84 valence electrons. The number of amides is 1. The minimum atomic E-state index is -0.150. The number of carbonyl (C=O) groups excluding carboxylic acids is 1.